The zero-order valence-corrected chi connectivity index (χ0v) is 11.5. The first-order valence-corrected chi connectivity index (χ1v) is 7.56. The molecule has 5 heteroatoms. The highest BCUT2D eigenvalue weighted by molar-refractivity contribution is 7.99. The van der Waals surface area contributed by atoms with Gasteiger partial charge in [0.15, 0.2) is 0 Å². The minimum absolute atomic E-state index is 0.495. The molecule has 2 rings (SSSR count). The van der Waals surface area contributed by atoms with Crippen LogP contribution in [0.2, 0.25) is 5.02 Å². The van der Waals surface area contributed by atoms with Gasteiger partial charge in [-0.25, -0.2) is 4.98 Å². The van der Waals surface area contributed by atoms with Gasteiger partial charge in [0, 0.05) is 17.5 Å². The average Bonchev–Trinajstić information content (AvgIpc) is 2.34. The Labute approximate surface area is 112 Å². The molecule has 1 aromatic heterocycles. The number of aromatic nitrogens is 1. The third-order valence-corrected chi connectivity index (χ3v) is 4.58. The standard InChI is InChI=1S/C12H18ClN3S/c1-17-10-4-2-9(3-5-10)16-12-11(14)6-8(13)7-15-12/h6-7,9-10H,2-5,14H2,1H3,(H,15,16). The van der Waals surface area contributed by atoms with Crippen molar-refractivity contribution >= 4 is 34.9 Å². The van der Waals surface area contributed by atoms with Crippen LogP contribution in [0.5, 0.6) is 0 Å². The molecular weight excluding hydrogens is 254 g/mol. The Morgan fingerprint density at radius 3 is 2.71 bits per heavy atom. The van der Waals surface area contributed by atoms with Crippen molar-refractivity contribution in [3.8, 4) is 0 Å². The lowest BCUT2D eigenvalue weighted by Gasteiger charge is -2.28. The van der Waals surface area contributed by atoms with Gasteiger partial charge in [0.25, 0.3) is 0 Å². The smallest absolute Gasteiger partial charge is 0.149 e. The van der Waals surface area contributed by atoms with E-state index in [1.165, 1.54) is 25.7 Å². The summed E-state index contributed by atoms with van der Waals surface area (Å²) in [5.74, 6) is 0.766. The highest BCUT2D eigenvalue weighted by Crippen LogP contribution is 2.29. The number of hydrogen-bond acceptors (Lipinski definition) is 4. The van der Waals surface area contributed by atoms with E-state index in [0.717, 1.165) is 11.1 Å². The van der Waals surface area contributed by atoms with Crippen LogP contribution < -0.4 is 11.1 Å². The fraction of sp³-hybridized carbons (Fsp3) is 0.583. The lowest BCUT2D eigenvalue weighted by molar-refractivity contribution is 0.472. The normalized spacial score (nSPS) is 24.6. The fourth-order valence-corrected chi connectivity index (χ4v) is 3.12. The predicted molar refractivity (Wildman–Crippen MR) is 76.8 cm³/mol. The Hall–Kier alpha value is -0.610. The van der Waals surface area contributed by atoms with Crippen molar-refractivity contribution in [1.29, 1.82) is 0 Å². The highest BCUT2D eigenvalue weighted by Gasteiger charge is 2.20. The van der Waals surface area contributed by atoms with Gasteiger partial charge in [-0.05, 0) is 38.0 Å². The number of thioether (sulfide) groups is 1. The Bertz CT molecular complexity index is 378. The third kappa shape index (κ3) is 3.42. The molecule has 0 saturated heterocycles. The summed E-state index contributed by atoms with van der Waals surface area (Å²) in [5, 5.41) is 4.82. The number of halogens is 1. The van der Waals surface area contributed by atoms with E-state index in [2.05, 4.69) is 16.6 Å². The second-order valence-corrected chi connectivity index (χ2v) is 6.02. The molecule has 1 aliphatic carbocycles. The van der Waals surface area contributed by atoms with Gasteiger partial charge in [-0.3, -0.25) is 0 Å². The van der Waals surface area contributed by atoms with Crippen LogP contribution in [-0.2, 0) is 0 Å². The summed E-state index contributed by atoms with van der Waals surface area (Å²) in [6, 6.07) is 2.24. The maximum atomic E-state index is 5.88. The van der Waals surface area contributed by atoms with Crippen molar-refractivity contribution in [1.82, 2.24) is 4.98 Å². The topological polar surface area (TPSA) is 50.9 Å². The molecule has 0 spiro atoms. The second kappa shape index (κ2) is 5.83. The Morgan fingerprint density at radius 1 is 1.41 bits per heavy atom. The Balaban J connectivity index is 1.93. The summed E-state index contributed by atoms with van der Waals surface area (Å²) in [4.78, 5) is 4.24. The number of nitrogens with one attached hydrogen (secondary N) is 1. The summed E-state index contributed by atoms with van der Waals surface area (Å²) >= 11 is 7.80. The van der Waals surface area contributed by atoms with E-state index in [-0.39, 0.29) is 0 Å². The number of nitrogens with two attached hydrogens (primary N) is 1. The lowest BCUT2D eigenvalue weighted by atomic mass is 9.95. The number of anilines is 2. The molecule has 0 atom stereocenters. The Kier molecular flexibility index (Phi) is 4.40. The summed E-state index contributed by atoms with van der Waals surface area (Å²) in [5.41, 5.74) is 6.51. The van der Waals surface area contributed by atoms with Crippen LogP contribution in [-0.4, -0.2) is 22.5 Å². The van der Waals surface area contributed by atoms with Crippen LogP contribution in [0.25, 0.3) is 0 Å². The predicted octanol–water partition coefficient (Wildman–Crippen LogP) is 3.40. The van der Waals surface area contributed by atoms with Crippen LogP contribution >= 0.6 is 23.4 Å². The van der Waals surface area contributed by atoms with E-state index in [9.17, 15) is 0 Å². The van der Waals surface area contributed by atoms with Gasteiger partial charge in [-0.1, -0.05) is 11.6 Å². The van der Waals surface area contributed by atoms with Crippen molar-refractivity contribution in [2.75, 3.05) is 17.3 Å². The molecule has 1 saturated carbocycles. The molecule has 3 nitrogen and oxygen atoms in total. The lowest BCUT2D eigenvalue weighted by Crippen LogP contribution is -2.27. The summed E-state index contributed by atoms with van der Waals surface area (Å²) in [7, 11) is 0. The van der Waals surface area contributed by atoms with Crippen LogP contribution in [0.4, 0.5) is 11.5 Å². The van der Waals surface area contributed by atoms with Crippen LogP contribution in [0, 0.1) is 0 Å². The van der Waals surface area contributed by atoms with Gasteiger partial charge >= 0.3 is 0 Å². The first-order chi connectivity index (χ1) is 8.19. The van der Waals surface area contributed by atoms with Gasteiger partial charge in [0.2, 0.25) is 0 Å². The molecule has 0 amide bonds. The quantitative estimate of drug-likeness (QED) is 0.885. The van der Waals surface area contributed by atoms with Crippen molar-refractivity contribution in [3.63, 3.8) is 0 Å². The van der Waals surface area contributed by atoms with Gasteiger partial charge in [-0.15, -0.1) is 0 Å². The van der Waals surface area contributed by atoms with Crippen LogP contribution in [0.1, 0.15) is 25.7 Å². The summed E-state index contributed by atoms with van der Waals surface area (Å²) < 4.78 is 0. The minimum atomic E-state index is 0.495. The molecule has 1 fully saturated rings. The van der Waals surface area contributed by atoms with Crippen molar-refractivity contribution in [2.45, 2.75) is 37.0 Å². The number of nitrogens with zero attached hydrogens (tertiary/aromatic N) is 1. The van der Waals surface area contributed by atoms with E-state index in [0.29, 0.717) is 16.8 Å². The van der Waals surface area contributed by atoms with Crippen LogP contribution in [0.3, 0.4) is 0 Å². The van der Waals surface area contributed by atoms with E-state index in [1.54, 1.807) is 12.3 Å². The molecule has 17 heavy (non-hydrogen) atoms. The Morgan fingerprint density at radius 2 is 2.12 bits per heavy atom. The molecule has 1 aromatic rings. The molecule has 3 N–H and O–H groups in total. The maximum absolute atomic E-state index is 5.88. The molecule has 0 aromatic carbocycles. The van der Waals surface area contributed by atoms with Crippen LogP contribution in [0.15, 0.2) is 12.3 Å². The number of rotatable bonds is 3. The van der Waals surface area contributed by atoms with Crippen molar-refractivity contribution < 1.29 is 0 Å². The number of nitrogen functional groups attached to an aromatic ring is 1. The van der Waals surface area contributed by atoms with E-state index >= 15 is 0 Å². The maximum Gasteiger partial charge on any atom is 0.149 e. The van der Waals surface area contributed by atoms with Gasteiger partial charge in [-0.2, -0.15) is 11.8 Å². The average molecular weight is 272 g/mol. The molecular formula is C12H18ClN3S. The first kappa shape index (κ1) is 12.8. The van der Waals surface area contributed by atoms with Gasteiger partial charge in [0.1, 0.15) is 5.82 Å². The van der Waals surface area contributed by atoms with Gasteiger partial charge in [0.05, 0.1) is 10.7 Å². The molecule has 94 valence electrons. The molecule has 0 bridgehead atoms. The van der Waals surface area contributed by atoms with Gasteiger partial charge < -0.3 is 11.1 Å². The summed E-state index contributed by atoms with van der Waals surface area (Å²) in [6.45, 7) is 0. The number of pyridine rings is 1. The molecule has 1 aliphatic rings. The largest absolute Gasteiger partial charge is 0.396 e. The number of hydrogen-bond donors (Lipinski definition) is 2. The van der Waals surface area contributed by atoms with E-state index in [1.807, 2.05) is 11.8 Å². The molecule has 0 unspecified atom stereocenters. The third-order valence-electron chi connectivity index (χ3n) is 3.23. The first-order valence-electron chi connectivity index (χ1n) is 5.89. The van der Waals surface area contributed by atoms with Crippen molar-refractivity contribution in [3.05, 3.63) is 17.3 Å². The van der Waals surface area contributed by atoms with Crippen molar-refractivity contribution in [2.24, 2.45) is 0 Å². The zero-order chi connectivity index (χ0) is 12.3. The molecule has 1 heterocycles. The fourth-order valence-electron chi connectivity index (χ4n) is 2.21. The van der Waals surface area contributed by atoms with E-state index < -0.39 is 0 Å². The zero-order valence-electron chi connectivity index (χ0n) is 9.95. The highest BCUT2D eigenvalue weighted by atomic mass is 35.5. The minimum Gasteiger partial charge on any atom is -0.396 e. The summed E-state index contributed by atoms with van der Waals surface area (Å²) in [6.07, 6.45) is 8.74. The molecule has 0 aliphatic heterocycles. The monoisotopic (exact) mass is 271 g/mol. The van der Waals surface area contributed by atoms with E-state index in [4.69, 9.17) is 17.3 Å². The SMILES string of the molecule is CSC1CCC(Nc2ncc(Cl)cc2N)CC1. The second-order valence-electron chi connectivity index (χ2n) is 4.45. The molecule has 0 radical (unpaired) electrons.